The number of aliphatic hydroxyl groups excluding tert-OH is 11. The molecule has 0 aliphatic carbocycles. The van der Waals surface area contributed by atoms with Crippen LogP contribution >= 0.6 is 0 Å². The first-order valence-corrected chi connectivity index (χ1v) is 41.0. The lowest BCUT2D eigenvalue weighted by molar-refractivity contribution is -0.386. The average molecular weight is 1460 g/mol. The van der Waals surface area contributed by atoms with Crippen LogP contribution in [-0.2, 0) is 42.8 Å². The molecule has 3 saturated heterocycles. The molecule has 3 aliphatic rings. The van der Waals surface area contributed by atoms with Crippen molar-refractivity contribution in [2.75, 3.05) is 26.4 Å². The monoisotopic (exact) mass is 1460 g/mol. The van der Waals surface area contributed by atoms with E-state index in [4.69, 9.17) is 28.4 Å². The Morgan fingerprint density at radius 3 is 1.32 bits per heavy atom. The second-order valence-electron chi connectivity index (χ2n) is 30.0. The van der Waals surface area contributed by atoms with E-state index in [0.717, 1.165) is 64.7 Å². The lowest BCUT2D eigenvalue weighted by atomic mass is 9.88. The number of allylic oxidation sites excluding steroid dienone is 2. The van der Waals surface area contributed by atoms with E-state index in [9.17, 15) is 75.7 Å². The largest absolute Gasteiger partial charge is 0.477 e. The number of ether oxygens (including phenoxy) is 6. The molecule has 0 aromatic heterocycles. The number of rotatable bonds is 65. The number of amides is 2. The molecule has 3 fully saturated rings. The maximum absolute atomic E-state index is 13.6. The number of carbonyl (C=O) groups excluding carboxylic acids is 2. The minimum absolute atomic E-state index is 0.222. The van der Waals surface area contributed by atoms with Gasteiger partial charge in [0.25, 0.3) is 5.79 Å². The fourth-order valence-electron chi connectivity index (χ4n) is 14.5. The summed E-state index contributed by atoms with van der Waals surface area (Å²) >= 11 is 0. The lowest BCUT2D eigenvalue weighted by Gasteiger charge is -2.50. The Kier molecular flexibility index (Phi) is 53.7. The predicted octanol–water partition coefficient (Wildman–Crippen LogP) is 11.0. The van der Waals surface area contributed by atoms with Crippen molar-refractivity contribution in [3.63, 3.8) is 0 Å². The molecule has 600 valence electrons. The number of hydrogen-bond donors (Lipinski definition) is 14. The molecule has 3 aliphatic heterocycles. The van der Waals surface area contributed by atoms with Gasteiger partial charge in [0.1, 0.15) is 67.1 Å². The van der Waals surface area contributed by atoms with Crippen molar-refractivity contribution >= 4 is 17.8 Å². The highest BCUT2D eigenvalue weighted by molar-refractivity contribution is 5.77. The molecule has 23 heteroatoms. The number of hydrogen-bond acceptors (Lipinski definition) is 20. The van der Waals surface area contributed by atoms with Gasteiger partial charge in [0.2, 0.25) is 11.8 Å². The molecule has 2 amide bonds. The second-order valence-corrected chi connectivity index (χ2v) is 30.0. The molecule has 18 unspecified atom stereocenters. The smallest absolute Gasteiger partial charge is 0.364 e. The fraction of sp³-hybridized carbons (Fsp3) is 0.937. The van der Waals surface area contributed by atoms with E-state index in [2.05, 4.69) is 36.6 Å². The Hall–Kier alpha value is -2.53. The third kappa shape index (κ3) is 38.5. The maximum atomic E-state index is 13.6. The van der Waals surface area contributed by atoms with Gasteiger partial charge >= 0.3 is 5.97 Å². The quantitative estimate of drug-likeness (QED) is 0.0199. The number of carboxylic acids is 1. The van der Waals surface area contributed by atoms with Gasteiger partial charge in [-0.05, 0) is 38.5 Å². The minimum Gasteiger partial charge on any atom is -0.477 e. The highest BCUT2D eigenvalue weighted by Gasteiger charge is 2.60. The van der Waals surface area contributed by atoms with E-state index in [-0.39, 0.29) is 18.9 Å². The van der Waals surface area contributed by atoms with Gasteiger partial charge in [-0.1, -0.05) is 289 Å². The van der Waals surface area contributed by atoms with Crippen LogP contribution in [0.25, 0.3) is 0 Å². The Morgan fingerprint density at radius 1 is 0.500 bits per heavy atom. The number of carbonyl (C=O) groups is 3. The molecule has 3 heterocycles. The van der Waals surface area contributed by atoms with E-state index < -0.39 is 148 Å². The summed E-state index contributed by atoms with van der Waals surface area (Å²) in [5, 5.41) is 137. The summed E-state index contributed by atoms with van der Waals surface area (Å²) in [6, 6.07) is -2.53. The van der Waals surface area contributed by atoms with Crippen molar-refractivity contribution in [2.45, 2.75) is 445 Å². The molecule has 18 atom stereocenters. The molecule has 0 bridgehead atoms. The first-order valence-electron chi connectivity index (χ1n) is 41.0. The average Bonchev–Trinajstić information content (AvgIpc) is 0.755. The van der Waals surface area contributed by atoms with Crippen molar-refractivity contribution in [1.82, 2.24) is 10.6 Å². The highest BCUT2D eigenvalue weighted by atomic mass is 16.8. The number of carboxylic acid groups (broad SMARTS) is 1. The summed E-state index contributed by atoms with van der Waals surface area (Å²) < 4.78 is 35.0. The van der Waals surface area contributed by atoms with Crippen LogP contribution in [0.3, 0.4) is 0 Å². The molecule has 0 spiro atoms. The van der Waals surface area contributed by atoms with Crippen molar-refractivity contribution < 1.29 is 104 Å². The van der Waals surface area contributed by atoms with Crippen molar-refractivity contribution in [3.8, 4) is 0 Å². The molecular weight excluding hydrogens is 1310 g/mol. The third-order valence-electron chi connectivity index (χ3n) is 21.0. The van der Waals surface area contributed by atoms with Gasteiger partial charge in [-0.15, -0.1) is 0 Å². The van der Waals surface area contributed by atoms with Crippen LogP contribution in [0.5, 0.6) is 0 Å². The van der Waals surface area contributed by atoms with E-state index in [1.54, 1.807) is 0 Å². The Labute approximate surface area is 613 Å². The summed E-state index contributed by atoms with van der Waals surface area (Å²) in [4.78, 5) is 38.7. The standard InChI is InChI=1S/C79H148N2O21/c1-4-6-8-10-12-14-16-18-20-22-24-26-28-30-32-34-36-38-40-42-44-46-48-50-52-61(86)60(81-66(89)53-51-49-47-45-43-41-39-37-35-33-31-29-27-25-23-21-19-17-15-13-11-9-7-5-2)58-97-76-71(93)70(92)73(65(57-84)99-76)100-77-72(94)75(69(91)64(56-83)98-77)102-79(78(95)96)54-62(87)67(80-59(3)85)74(101-79)68(90)63(88)55-82/h31,33,60-65,67-77,82-84,86-88,90-94H,4-30,32,34-58H2,1-3H3,(H,80,85)(H,81,89)(H,95,96)/b33-31-. The van der Waals surface area contributed by atoms with Crippen molar-refractivity contribution in [3.05, 3.63) is 12.2 Å². The van der Waals surface area contributed by atoms with Crippen LogP contribution in [0, 0.1) is 0 Å². The lowest BCUT2D eigenvalue weighted by Crippen LogP contribution is -2.70. The summed E-state index contributed by atoms with van der Waals surface area (Å²) in [6.07, 6.45) is 33.4. The highest BCUT2D eigenvalue weighted by Crippen LogP contribution is 2.39. The van der Waals surface area contributed by atoms with Gasteiger partial charge in [-0.2, -0.15) is 0 Å². The number of unbranched alkanes of at least 4 members (excludes halogenated alkanes) is 43. The van der Waals surface area contributed by atoms with E-state index in [1.807, 2.05) is 0 Å². The van der Waals surface area contributed by atoms with Gasteiger partial charge in [0.15, 0.2) is 12.6 Å². The first-order chi connectivity index (χ1) is 49.4. The minimum atomic E-state index is -3.08. The van der Waals surface area contributed by atoms with Gasteiger partial charge in [0.05, 0.1) is 50.7 Å². The molecule has 0 saturated carbocycles. The van der Waals surface area contributed by atoms with E-state index in [0.29, 0.717) is 19.3 Å². The third-order valence-corrected chi connectivity index (χ3v) is 21.0. The molecule has 14 N–H and O–H groups in total. The second kappa shape index (κ2) is 58.5. The Morgan fingerprint density at radius 2 is 0.912 bits per heavy atom. The van der Waals surface area contributed by atoms with E-state index >= 15 is 0 Å². The zero-order valence-corrected chi connectivity index (χ0v) is 63.5. The van der Waals surface area contributed by atoms with Crippen LogP contribution < -0.4 is 10.6 Å². The van der Waals surface area contributed by atoms with Gasteiger partial charge < -0.3 is 100 Å². The molecule has 0 aromatic rings. The van der Waals surface area contributed by atoms with Crippen molar-refractivity contribution in [2.24, 2.45) is 0 Å². The zero-order chi connectivity index (χ0) is 74.6. The molecule has 23 nitrogen and oxygen atoms in total. The number of aliphatic hydroxyl groups is 11. The number of aliphatic carboxylic acids is 1. The van der Waals surface area contributed by atoms with Crippen LogP contribution in [0.2, 0.25) is 0 Å². The topological polar surface area (TPSA) is 373 Å². The Bertz CT molecular complexity index is 2080. The van der Waals surface area contributed by atoms with Gasteiger partial charge in [-0.25, -0.2) is 4.79 Å². The van der Waals surface area contributed by atoms with Gasteiger partial charge in [0, 0.05) is 19.8 Å². The number of nitrogens with one attached hydrogen (secondary N) is 2. The van der Waals surface area contributed by atoms with Crippen LogP contribution in [0.1, 0.15) is 335 Å². The SMILES string of the molecule is CCCCCCCCCCCCCC/C=C\CCCCCCCCCCC(=O)NC(COC1OC(CO)C(OC2OC(CO)C(O)C(OC3(C(=O)O)CC(O)C(NC(C)=O)C(C(O)C(O)CO)O3)C2O)C(O)C1O)C(O)CCCCCCCCCCCCCCCCCCCCCCCCCC. The summed E-state index contributed by atoms with van der Waals surface area (Å²) in [5.41, 5.74) is 0. The van der Waals surface area contributed by atoms with Crippen molar-refractivity contribution in [1.29, 1.82) is 0 Å². The summed E-state index contributed by atoms with van der Waals surface area (Å²) in [5.74, 6) is -6.10. The molecular formula is C79H148N2O21. The molecule has 0 radical (unpaired) electrons. The molecule has 0 aromatic carbocycles. The van der Waals surface area contributed by atoms with Crippen LogP contribution in [-0.4, -0.2) is 215 Å². The maximum Gasteiger partial charge on any atom is 0.364 e. The van der Waals surface area contributed by atoms with Crippen LogP contribution in [0.4, 0.5) is 0 Å². The van der Waals surface area contributed by atoms with Crippen LogP contribution in [0.15, 0.2) is 12.2 Å². The normalized spacial score (nSPS) is 26.7. The summed E-state index contributed by atoms with van der Waals surface area (Å²) in [6.45, 7) is 2.26. The summed E-state index contributed by atoms with van der Waals surface area (Å²) in [7, 11) is 0. The van der Waals surface area contributed by atoms with Gasteiger partial charge in [-0.3, -0.25) is 9.59 Å². The Balaban J connectivity index is 1.51. The zero-order valence-electron chi connectivity index (χ0n) is 63.5. The fourth-order valence-corrected chi connectivity index (χ4v) is 14.5. The first kappa shape index (κ1) is 93.7. The molecule has 102 heavy (non-hydrogen) atoms. The van der Waals surface area contributed by atoms with E-state index in [1.165, 1.54) is 225 Å². The predicted molar refractivity (Wildman–Crippen MR) is 394 cm³/mol. The molecule has 3 rings (SSSR count).